The zero-order valence-electron chi connectivity index (χ0n) is 22.5. The summed E-state index contributed by atoms with van der Waals surface area (Å²) in [4.78, 5) is 0. The third kappa shape index (κ3) is 5.74. The summed E-state index contributed by atoms with van der Waals surface area (Å²) in [5.74, 6) is -1.56. The molecule has 1 nitrogen and oxygen atoms in total. The molecule has 0 amide bonds. The van der Waals surface area contributed by atoms with E-state index in [9.17, 15) is 0 Å². The zero-order chi connectivity index (χ0) is 25.4. The maximum absolute atomic E-state index is 4.44. The minimum Gasteiger partial charge on any atom is -1.00 e. The molecule has 0 fully saturated rings. The smallest absolute Gasteiger partial charge is 1.00 e. The van der Waals surface area contributed by atoms with Crippen molar-refractivity contribution in [2.45, 2.75) is 24.4 Å². The number of hydrogen-bond donors (Lipinski definition) is 1. The van der Waals surface area contributed by atoms with Gasteiger partial charge in [-0.2, -0.15) is 0 Å². The Kier molecular flexibility index (Phi) is 9.72. The molecule has 5 heteroatoms. The predicted octanol–water partition coefficient (Wildman–Crippen LogP) is 0.873. The van der Waals surface area contributed by atoms with Gasteiger partial charge in [0.15, 0.2) is 0 Å². The number of hydrogen-bond acceptors (Lipinski definition) is 1. The Labute approximate surface area is 254 Å². The summed E-state index contributed by atoms with van der Waals surface area (Å²) in [6, 6.07) is 45.9. The van der Waals surface area contributed by atoms with E-state index < -0.39 is 26.9 Å². The van der Waals surface area contributed by atoms with Gasteiger partial charge < -0.3 is 24.8 Å². The van der Waals surface area contributed by atoms with E-state index in [0.717, 1.165) is 0 Å². The van der Waals surface area contributed by atoms with Crippen molar-refractivity contribution in [3.05, 3.63) is 149 Å². The average Bonchev–Trinajstić information content (AvgIpc) is 3.25. The van der Waals surface area contributed by atoms with Crippen molar-refractivity contribution in [1.29, 1.82) is 0 Å². The van der Waals surface area contributed by atoms with Gasteiger partial charge >= 0.3 is 231 Å². The van der Waals surface area contributed by atoms with Crippen LogP contribution in [0.3, 0.4) is 0 Å². The van der Waals surface area contributed by atoms with Crippen LogP contribution in [0.2, 0.25) is 0 Å². The number of nitrogens with one attached hydrogen (secondary N) is 1. The molecule has 0 atom stereocenters. The Bertz CT molecular complexity index is 1450. The third-order valence-corrected chi connectivity index (χ3v) is 34.6. The van der Waals surface area contributed by atoms with Crippen LogP contribution in [0.4, 0.5) is 5.69 Å². The van der Waals surface area contributed by atoms with Crippen LogP contribution in [0.15, 0.2) is 121 Å². The van der Waals surface area contributed by atoms with Gasteiger partial charge in [-0.15, -0.1) is 0 Å². The van der Waals surface area contributed by atoms with Crippen LogP contribution in [-0.4, -0.2) is 5.98 Å². The molecule has 5 aromatic rings. The van der Waals surface area contributed by atoms with Crippen molar-refractivity contribution < 1.29 is 45.7 Å². The standard InChI is InChI=1S/C13H9.C12H11Si.C9H12N.2ClH.Hf/c1-3-7-12-10(5-1)9-11-6-2-4-8-13(11)12;1-3-7-11(8-4-1)13-12-9-5-2-6-10-12;1-6-4-7(2)9(10)8(3)5-6;;;/h1-9H;1-10,13H;4-5,10H,1-3H3;2*1H;/q;;-1;;;+3/p-2. The van der Waals surface area contributed by atoms with Crippen LogP contribution in [0, 0.1) is 20.8 Å². The van der Waals surface area contributed by atoms with Crippen molar-refractivity contribution >= 4 is 22.0 Å². The van der Waals surface area contributed by atoms with Crippen LogP contribution in [-0.2, 0) is 20.9 Å². The van der Waals surface area contributed by atoms with Gasteiger partial charge in [0.05, 0.1) is 0 Å². The van der Waals surface area contributed by atoms with E-state index in [2.05, 4.69) is 145 Å². The second kappa shape index (κ2) is 12.8. The van der Waals surface area contributed by atoms with Crippen LogP contribution in [0.1, 0.15) is 31.5 Å². The topological polar surface area (TPSA) is 12.0 Å². The molecule has 0 saturated carbocycles. The summed E-state index contributed by atoms with van der Waals surface area (Å²) in [5, 5.41) is 3.13. The van der Waals surface area contributed by atoms with Gasteiger partial charge in [-0.05, 0) is 0 Å². The molecule has 0 bridgehead atoms. The van der Waals surface area contributed by atoms with E-state index in [1.165, 1.54) is 44.6 Å². The van der Waals surface area contributed by atoms with Crippen LogP contribution in [0.25, 0.3) is 11.1 Å². The second-order valence-electron chi connectivity index (χ2n) is 10.2. The van der Waals surface area contributed by atoms with E-state index in [-0.39, 0.29) is 24.8 Å². The molecule has 6 rings (SSSR count). The number of anilines is 1. The van der Waals surface area contributed by atoms with Crippen molar-refractivity contribution in [2.24, 2.45) is 0 Å². The molecular weight excluding hydrogens is 700 g/mol. The molecule has 1 aliphatic carbocycles. The van der Waals surface area contributed by atoms with E-state index in [1.54, 1.807) is 10.4 Å². The molecule has 195 valence electrons. The van der Waals surface area contributed by atoms with Crippen molar-refractivity contribution in [3.8, 4) is 11.1 Å². The van der Waals surface area contributed by atoms with Crippen LogP contribution >= 0.6 is 0 Å². The van der Waals surface area contributed by atoms with Gasteiger partial charge in [-0.1, -0.05) is 0 Å². The average molecular weight is 732 g/mol. The molecule has 1 aliphatic rings. The van der Waals surface area contributed by atoms with Gasteiger partial charge in [-0.3, -0.25) is 0 Å². The SMILES string of the molecule is Cc1cc(C)c([NH][Hf+2]([CH]2c3ccccc3-c3ccccc32)[SiH](c2ccccc2)c2ccccc2)c(C)c1.[Cl-].[Cl-]. The first-order chi connectivity index (χ1) is 18.1. The van der Waals surface area contributed by atoms with Crippen molar-refractivity contribution in [3.63, 3.8) is 0 Å². The maximum atomic E-state index is 4.44. The molecule has 0 saturated heterocycles. The van der Waals surface area contributed by atoms with E-state index in [0.29, 0.717) is 3.67 Å². The summed E-state index contributed by atoms with van der Waals surface area (Å²) < 4.78 is 4.92. The Morgan fingerprint density at radius 2 is 0.974 bits per heavy atom. The molecule has 0 aromatic heterocycles. The first kappa shape index (κ1) is 29.5. The molecule has 0 spiro atoms. The first-order valence-corrected chi connectivity index (χ1v) is 24.9. The number of fused-ring (bicyclic) bond motifs is 3. The van der Waals surface area contributed by atoms with Crippen LogP contribution in [0.5, 0.6) is 0 Å². The van der Waals surface area contributed by atoms with Gasteiger partial charge in [0, 0.05) is 0 Å². The number of aryl methyl sites for hydroxylation is 3. The third-order valence-electron chi connectivity index (χ3n) is 7.67. The van der Waals surface area contributed by atoms with Gasteiger partial charge in [-0.25, -0.2) is 0 Å². The van der Waals surface area contributed by atoms with E-state index in [1.807, 2.05) is 0 Å². The molecule has 0 unspecified atom stereocenters. The molecule has 0 aliphatic heterocycles. The molecule has 0 radical (unpaired) electrons. The quantitative estimate of drug-likeness (QED) is 0.256. The number of benzene rings is 5. The van der Waals surface area contributed by atoms with E-state index in [4.69, 9.17) is 0 Å². The van der Waals surface area contributed by atoms with Crippen LogP contribution < -0.4 is 38.5 Å². The first-order valence-electron chi connectivity index (χ1n) is 13.1. The van der Waals surface area contributed by atoms with Gasteiger partial charge in [0.1, 0.15) is 0 Å². The normalized spacial score (nSPS) is 11.7. The summed E-state index contributed by atoms with van der Waals surface area (Å²) in [6.07, 6.45) is 0. The Morgan fingerprint density at radius 3 is 1.44 bits per heavy atom. The van der Waals surface area contributed by atoms with Gasteiger partial charge in [0.2, 0.25) is 0 Å². The minimum absolute atomic E-state index is 0. The molecular formula is C34H32Cl2HfNSi. The Hall–Kier alpha value is -2.43. The Balaban J connectivity index is 0.00000176. The molecule has 39 heavy (non-hydrogen) atoms. The summed E-state index contributed by atoms with van der Waals surface area (Å²) in [5.41, 5.74) is 11.4. The van der Waals surface area contributed by atoms with Crippen molar-refractivity contribution in [2.75, 3.05) is 3.30 Å². The number of rotatable bonds is 6. The maximum Gasteiger partial charge on any atom is -1.00 e. The summed E-state index contributed by atoms with van der Waals surface area (Å²) in [7, 11) is 0. The zero-order valence-corrected chi connectivity index (χ0v) is 28.7. The number of halogens is 2. The summed E-state index contributed by atoms with van der Waals surface area (Å²) in [6.45, 7) is 6.77. The Morgan fingerprint density at radius 1 is 0.564 bits per heavy atom. The predicted molar refractivity (Wildman–Crippen MR) is 157 cm³/mol. The van der Waals surface area contributed by atoms with Gasteiger partial charge in [0.25, 0.3) is 0 Å². The second-order valence-corrected chi connectivity index (χ2v) is 30.0. The van der Waals surface area contributed by atoms with Crippen molar-refractivity contribution in [1.82, 2.24) is 0 Å². The fourth-order valence-corrected chi connectivity index (χ4v) is 37.3. The molecule has 5 aromatic carbocycles. The minimum atomic E-state index is -2.80. The van der Waals surface area contributed by atoms with E-state index >= 15 is 0 Å². The monoisotopic (exact) mass is 732 g/mol. The largest absolute Gasteiger partial charge is 1.00 e. The molecule has 0 heterocycles. The summed E-state index contributed by atoms with van der Waals surface area (Å²) >= 11 is -2.80. The fraction of sp³-hybridized carbons (Fsp3) is 0.118. The molecule has 1 N–H and O–H groups in total. The fourth-order valence-electron chi connectivity index (χ4n) is 6.17.